The molecule has 1 heterocycles. The summed E-state index contributed by atoms with van der Waals surface area (Å²) in [6.45, 7) is 4.81. The third-order valence-electron chi connectivity index (χ3n) is 3.02. The van der Waals surface area contributed by atoms with E-state index in [0.29, 0.717) is 6.42 Å². The summed E-state index contributed by atoms with van der Waals surface area (Å²) in [6.07, 6.45) is 2.19. The molecule has 0 aliphatic heterocycles. The van der Waals surface area contributed by atoms with E-state index in [4.69, 9.17) is 17.3 Å². The number of benzene rings is 1. The molecule has 4 nitrogen and oxygen atoms in total. The smallest absolute Gasteiger partial charge is 0.138 e. The molecule has 1 atom stereocenters. The Bertz CT molecular complexity index is 536. The van der Waals surface area contributed by atoms with Gasteiger partial charge in [0, 0.05) is 24.0 Å². The fraction of sp³-hybridized carbons (Fsp3) is 0.385. The topological polar surface area (TPSA) is 56.7 Å². The Kier molecular flexibility index (Phi) is 3.99. The lowest BCUT2D eigenvalue weighted by atomic mass is 10.0. The summed E-state index contributed by atoms with van der Waals surface area (Å²) in [7, 11) is 0. The molecule has 0 saturated carbocycles. The van der Waals surface area contributed by atoms with E-state index in [-0.39, 0.29) is 6.04 Å². The number of aryl methyl sites for hydroxylation is 2. The maximum atomic E-state index is 6.28. The van der Waals surface area contributed by atoms with Crippen molar-refractivity contribution in [3.05, 3.63) is 46.5 Å². The second-order valence-electron chi connectivity index (χ2n) is 4.28. The van der Waals surface area contributed by atoms with Gasteiger partial charge in [0.15, 0.2) is 0 Å². The molecule has 0 fully saturated rings. The Hall–Kier alpha value is -1.39. The van der Waals surface area contributed by atoms with E-state index in [1.54, 1.807) is 6.33 Å². The monoisotopic (exact) mass is 264 g/mol. The Morgan fingerprint density at radius 3 is 2.94 bits per heavy atom. The highest BCUT2D eigenvalue weighted by atomic mass is 35.5. The molecule has 0 aliphatic carbocycles. The molecular formula is C13H17ClN4. The Labute approximate surface area is 112 Å². The minimum atomic E-state index is -0.160. The second-order valence-corrected chi connectivity index (χ2v) is 4.66. The number of nitrogens with zero attached hydrogens (tertiary/aromatic N) is 3. The average Bonchev–Trinajstić information content (AvgIpc) is 2.79. The van der Waals surface area contributed by atoms with Crippen molar-refractivity contribution in [2.75, 3.05) is 0 Å². The Morgan fingerprint density at radius 2 is 2.22 bits per heavy atom. The molecule has 18 heavy (non-hydrogen) atoms. The van der Waals surface area contributed by atoms with Crippen molar-refractivity contribution in [3.63, 3.8) is 0 Å². The van der Waals surface area contributed by atoms with Crippen LogP contribution in [0.5, 0.6) is 0 Å². The van der Waals surface area contributed by atoms with E-state index in [1.807, 2.05) is 36.7 Å². The first-order valence-electron chi connectivity index (χ1n) is 6.00. The summed E-state index contributed by atoms with van der Waals surface area (Å²) in [5, 5.41) is 4.88. The maximum absolute atomic E-state index is 6.28. The molecule has 1 unspecified atom stereocenters. The third-order valence-corrected chi connectivity index (χ3v) is 3.54. The fourth-order valence-corrected chi connectivity index (χ4v) is 2.24. The van der Waals surface area contributed by atoms with Crippen LogP contribution < -0.4 is 5.73 Å². The van der Waals surface area contributed by atoms with Crippen LogP contribution in [0.15, 0.2) is 24.5 Å². The molecule has 0 radical (unpaired) electrons. The van der Waals surface area contributed by atoms with Crippen LogP contribution in [0, 0.1) is 6.92 Å². The maximum Gasteiger partial charge on any atom is 0.138 e. The van der Waals surface area contributed by atoms with E-state index >= 15 is 0 Å². The summed E-state index contributed by atoms with van der Waals surface area (Å²) in [5.74, 6) is 0.891. The first-order chi connectivity index (χ1) is 8.63. The first-order valence-corrected chi connectivity index (χ1v) is 6.38. The minimum absolute atomic E-state index is 0.160. The van der Waals surface area contributed by atoms with Gasteiger partial charge in [-0.15, -0.1) is 0 Å². The van der Waals surface area contributed by atoms with E-state index < -0.39 is 0 Å². The quantitative estimate of drug-likeness (QED) is 0.923. The van der Waals surface area contributed by atoms with Crippen molar-refractivity contribution >= 4 is 11.6 Å². The average molecular weight is 265 g/mol. The summed E-state index contributed by atoms with van der Waals surface area (Å²) in [4.78, 5) is 4.23. The number of aromatic nitrogens is 3. The van der Waals surface area contributed by atoms with Gasteiger partial charge in [0.1, 0.15) is 12.2 Å². The lowest BCUT2D eigenvalue weighted by Crippen LogP contribution is -2.17. The third kappa shape index (κ3) is 2.54. The number of nitrogens with two attached hydrogens (primary N) is 1. The molecule has 2 N–H and O–H groups in total. The minimum Gasteiger partial charge on any atom is -0.324 e. The van der Waals surface area contributed by atoms with E-state index in [1.165, 1.54) is 0 Å². The molecule has 2 rings (SSSR count). The standard InChI is InChI=1S/C13H17ClN4/c1-3-18-12(16-8-17-18)7-11(15)10-6-4-5-9(2)13(10)14/h4-6,8,11H,3,7,15H2,1-2H3. The van der Waals surface area contributed by atoms with Crippen molar-refractivity contribution in [2.24, 2.45) is 5.73 Å². The van der Waals surface area contributed by atoms with Crippen LogP contribution in [-0.4, -0.2) is 14.8 Å². The summed E-state index contributed by atoms with van der Waals surface area (Å²) in [6, 6.07) is 5.76. The van der Waals surface area contributed by atoms with Crippen LogP contribution in [0.2, 0.25) is 5.02 Å². The van der Waals surface area contributed by atoms with Crippen LogP contribution >= 0.6 is 11.6 Å². The number of rotatable bonds is 4. The predicted molar refractivity (Wildman–Crippen MR) is 72.5 cm³/mol. The molecule has 1 aromatic heterocycles. The lowest BCUT2D eigenvalue weighted by molar-refractivity contribution is 0.581. The summed E-state index contributed by atoms with van der Waals surface area (Å²) in [5.41, 5.74) is 8.22. The molecule has 1 aromatic carbocycles. The fourth-order valence-electron chi connectivity index (χ4n) is 1.97. The van der Waals surface area contributed by atoms with Crippen LogP contribution in [-0.2, 0) is 13.0 Å². The molecule has 0 saturated heterocycles. The highest BCUT2D eigenvalue weighted by molar-refractivity contribution is 6.32. The van der Waals surface area contributed by atoms with Crippen LogP contribution in [0.25, 0.3) is 0 Å². The van der Waals surface area contributed by atoms with E-state index in [0.717, 1.165) is 28.5 Å². The van der Waals surface area contributed by atoms with Crippen molar-refractivity contribution in [2.45, 2.75) is 32.9 Å². The normalized spacial score (nSPS) is 12.7. The Morgan fingerprint density at radius 1 is 1.44 bits per heavy atom. The number of hydrogen-bond donors (Lipinski definition) is 1. The van der Waals surface area contributed by atoms with Gasteiger partial charge >= 0.3 is 0 Å². The number of hydrogen-bond acceptors (Lipinski definition) is 3. The van der Waals surface area contributed by atoms with Crippen molar-refractivity contribution < 1.29 is 0 Å². The molecule has 2 aromatic rings. The van der Waals surface area contributed by atoms with Crippen LogP contribution in [0.4, 0.5) is 0 Å². The van der Waals surface area contributed by atoms with Gasteiger partial charge in [-0.25, -0.2) is 4.98 Å². The van der Waals surface area contributed by atoms with E-state index in [9.17, 15) is 0 Å². The largest absolute Gasteiger partial charge is 0.324 e. The molecule has 96 valence electrons. The van der Waals surface area contributed by atoms with Gasteiger partial charge in [-0.05, 0) is 25.0 Å². The SMILES string of the molecule is CCn1ncnc1CC(N)c1cccc(C)c1Cl. The van der Waals surface area contributed by atoms with Crippen LogP contribution in [0.1, 0.15) is 29.9 Å². The van der Waals surface area contributed by atoms with Crippen molar-refractivity contribution in [3.8, 4) is 0 Å². The molecule has 0 aliphatic rings. The van der Waals surface area contributed by atoms with Gasteiger partial charge in [-0.3, -0.25) is 4.68 Å². The van der Waals surface area contributed by atoms with Gasteiger partial charge in [0.2, 0.25) is 0 Å². The predicted octanol–water partition coefficient (Wildman–Crippen LogP) is 2.50. The lowest BCUT2D eigenvalue weighted by Gasteiger charge is -2.14. The zero-order valence-electron chi connectivity index (χ0n) is 10.6. The van der Waals surface area contributed by atoms with Crippen molar-refractivity contribution in [1.82, 2.24) is 14.8 Å². The van der Waals surface area contributed by atoms with Gasteiger partial charge in [-0.1, -0.05) is 29.8 Å². The highest BCUT2D eigenvalue weighted by Crippen LogP contribution is 2.26. The zero-order chi connectivity index (χ0) is 13.1. The Balaban J connectivity index is 2.22. The first kappa shape index (κ1) is 13.1. The zero-order valence-corrected chi connectivity index (χ0v) is 11.4. The van der Waals surface area contributed by atoms with Gasteiger partial charge in [0.05, 0.1) is 0 Å². The molecule has 0 bridgehead atoms. The highest BCUT2D eigenvalue weighted by Gasteiger charge is 2.15. The van der Waals surface area contributed by atoms with Gasteiger partial charge in [0.25, 0.3) is 0 Å². The molecular weight excluding hydrogens is 248 g/mol. The van der Waals surface area contributed by atoms with Crippen molar-refractivity contribution in [1.29, 1.82) is 0 Å². The molecule has 0 amide bonds. The second kappa shape index (κ2) is 5.50. The van der Waals surface area contributed by atoms with Crippen LogP contribution in [0.3, 0.4) is 0 Å². The summed E-state index contributed by atoms with van der Waals surface area (Å²) >= 11 is 6.28. The molecule has 0 spiro atoms. The summed E-state index contributed by atoms with van der Waals surface area (Å²) < 4.78 is 1.85. The van der Waals surface area contributed by atoms with Gasteiger partial charge in [-0.2, -0.15) is 5.10 Å². The molecule has 5 heteroatoms. The van der Waals surface area contributed by atoms with E-state index in [2.05, 4.69) is 10.1 Å². The number of halogens is 1. The van der Waals surface area contributed by atoms with Gasteiger partial charge < -0.3 is 5.73 Å².